The monoisotopic (exact) mass is 305 g/mol. The Labute approximate surface area is 124 Å². The maximum absolute atomic E-state index is 12.3. The molecule has 0 aliphatic heterocycles. The smallest absolute Gasteiger partial charge is 0.261 e. The molecule has 3 aromatic rings. The van der Waals surface area contributed by atoms with Crippen LogP contribution < -0.4 is 5.56 Å². The van der Waals surface area contributed by atoms with E-state index >= 15 is 0 Å². The number of benzene rings is 1. The maximum atomic E-state index is 12.3. The molecular formula is C14H9Cl2N3O. The van der Waals surface area contributed by atoms with E-state index in [1.54, 1.807) is 24.4 Å². The first-order valence-electron chi connectivity index (χ1n) is 5.89. The minimum absolute atomic E-state index is 0.110. The highest BCUT2D eigenvalue weighted by Crippen LogP contribution is 2.19. The van der Waals surface area contributed by atoms with Crippen LogP contribution in [0.4, 0.5) is 0 Å². The average Bonchev–Trinajstić information content (AvgIpc) is 2.45. The van der Waals surface area contributed by atoms with Gasteiger partial charge in [-0.05, 0) is 18.2 Å². The number of pyridine rings is 1. The third kappa shape index (κ3) is 2.40. The number of hydrogen-bond donors (Lipinski definition) is 0. The Balaban J connectivity index is 2.07. The van der Waals surface area contributed by atoms with Gasteiger partial charge in [0.05, 0.1) is 28.8 Å². The van der Waals surface area contributed by atoms with E-state index in [1.807, 2.05) is 12.1 Å². The van der Waals surface area contributed by atoms with Crippen LogP contribution in [-0.4, -0.2) is 14.5 Å². The predicted octanol–water partition coefficient (Wildman–Crippen LogP) is 3.15. The van der Waals surface area contributed by atoms with Crippen LogP contribution in [-0.2, 0) is 6.54 Å². The second kappa shape index (κ2) is 5.23. The molecule has 0 saturated carbocycles. The molecule has 0 bridgehead atoms. The van der Waals surface area contributed by atoms with Crippen LogP contribution in [0.25, 0.3) is 10.9 Å². The number of para-hydroxylation sites is 1. The van der Waals surface area contributed by atoms with Crippen molar-refractivity contribution in [3.63, 3.8) is 0 Å². The number of fused-ring (bicyclic) bond motifs is 1. The molecule has 3 rings (SSSR count). The van der Waals surface area contributed by atoms with E-state index in [4.69, 9.17) is 23.2 Å². The number of nitrogens with zero attached hydrogens (tertiary/aromatic N) is 3. The van der Waals surface area contributed by atoms with E-state index in [-0.39, 0.29) is 5.56 Å². The van der Waals surface area contributed by atoms with Gasteiger partial charge in [0.15, 0.2) is 0 Å². The number of rotatable bonds is 2. The fourth-order valence-corrected chi connectivity index (χ4v) is 2.38. The van der Waals surface area contributed by atoms with E-state index in [1.165, 1.54) is 10.9 Å². The molecule has 0 radical (unpaired) electrons. The Kier molecular flexibility index (Phi) is 3.42. The first kappa shape index (κ1) is 13.1. The molecule has 0 amide bonds. The van der Waals surface area contributed by atoms with E-state index in [2.05, 4.69) is 9.97 Å². The summed E-state index contributed by atoms with van der Waals surface area (Å²) in [6, 6.07) is 8.77. The fourth-order valence-electron chi connectivity index (χ4n) is 1.95. The highest BCUT2D eigenvalue weighted by atomic mass is 35.5. The van der Waals surface area contributed by atoms with Gasteiger partial charge in [-0.1, -0.05) is 35.3 Å². The summed E-state index contributed by atoms with van der Waals surface area (Å²) in [6.45, 7) is 0.305. The lowest BCUT2D eigenvalue weighted by Gasteiger charge is -2.08. The second-order valence-corrected chi connectivity index (χ2v) is 5.09. The summed E-state index contributed by atoms with van der Waals surface area (Å²) in [4.78, 5) is 20.6. The molecule has 2 aromatic heterocycles. The van der Waals surface area contributed by atoms with Crippen molar-refractivity contribution in [2.75, 3.05) is 0 Å². The fraction of sp³-hybridized carbons (Fsp3) is 0.0714. The molecule has 20 heavy (non-hydrogen) atoms. The molecule has 0 N–H and O–H groups in total. The first-order valence-corrected chi connectivity index (χ1v) is 6.65. The van der Waals surface area contributed by atoms with Crippen LogP contribution in [0.5, 0.6) is 0 Å². The third-order valence-corrected chi connectivity index (χ3v) is 3.53. The minimum atomic E-state index is -0.110. The van der Waals surface area contributed by atoms with Gasteiger partial charge >= 0.3 is 0 Å². The molecule has 4 nitrogen and oxygen atoms in total. The van der Waals surface area contributed by atoms with Crippen molar-refractivity contribution in [3.8, 4) is 0 Å². The third-order valence-electron chi connectivity index (χ3n) is 2.97. The zero-order valence-electron chi connectivity index (χ0n) is 10.3. The quantitative estimate of drug-likeness (QED) is 0.683. The zero-order valence-corrected chi connectivity index (χ0v) is 11.8. The summed E-state index contributed by atoms with van der Waals surface area (Å²) in [5.74, 6) is 0. The topological polar surface area (TPSA) is 47.8 Å². The van der Waals surface area contributed by atoms with Gasteiger partial charge in [-0.3, -0.25) is 9.36 Å². The van der Waals surface area contributed by atoms with Crippen molar-refractivity contribution in [1.29, 1.82) is 0 Å². The van der Waals surface area contributed by atoms with Crippen molar-refractivity contribution in [3.05, 3.63) is 68.9 Å². The van der Waals surface area contributed by atoms with Gasteiger partial charge in [-0.2, -0.15) is 0 Å². The average molecular weight is 306 g/mol. The van der Waals surface area contributed by atoms with Crippen LogP contribution in [0.3, 0.4) is 0 Å². The van der Waals surface area contributed by atoms with Gasteiger partial charge in [-0.25, -0.2) is 9.97 Å². The summed E-state index contributed by atoms with van der Waals surface area (Å²) in [7, 11) is 0. The van der Waals surface area contributed by atoms with Gasteiger partial charge in [0.2, 0.25) is 0 Å². The molecule has 0 spiro atoms. The van der Waals surface area contributed by atoms with Crippen LogP contribution in [0.15, 0.2) is 47.7 Å². The Bertz CT molecular complexity index is 845. The Morgan fingerprint density at radius 3 is 2.75 bits per heavy atom. The molecule has 100 valence electrons. The molecule has 0 fully saturated rings. The van der Waals surface area contributed by atoms with Gasteiger partial charge in [0.25, 0.3) is 5.56 Å². The number of halogens is 2. The predicted molar refractivity (Wildman–Crippen MR) is 79.4 cm³/mol. The van der Waals surface area contributed by atoms with Crippen molar-refractivity contribution < 1.29 is 0 Å². The zero-order chi connectivity index (χ0) is 14.1. The molecular weight excluding hydrogens is 297 g/mol. The van der Waals surface area contributed by atoms with Crippen LogP contribution >= 0.6 is 23.2 Å². The molecule has 0 aliphatic rings. The second-order valence-electron chi connectivity index (χ2n) is 4.29. The lowest BCUT2D eigenvalue weighted by atomic mass is 10.2. The molecule has 1 aromatic carbocycles. The minimum Gasteiger partial charge on any atom is -0.294 e. The van der Waals surface area contributed by atoms with E-state index in [9.17, 15) is 4.79 Å². The number of hydrogen-bond acceptors (Lipinski definition) is 3. The van der Waals surface area contributed by atoms with Gasteiger partial charge in [0, 0.05) is 11.8 Å². The standard InChI is InChI=1S/C14H9Cl2N3O/c15-11-5-13(16)17-6-9(11)7-19-8-18-12-4-2-1-3-10(12)14(19)20/h1-6,8H,7H2. The molecule has 2 heterocycles. The summed E-state index contributed by atoms with van der Waals surface area (Å²) in [6.07, 6.45) is 3.07. The van der Waals surface area contributed by atoms with E-state index in [0.717, 1.165) is 5.56 Å². The van der Waals surface area contributed by atoms with E-state index < -0.39 is 0 Å². The van der Waals surface area contributed by atoms with Crippen LogP contribution in [0.1, 0.15) is 5.56 Å². The summed E-state index contributed by atoms with van der Waals surface area (Å²) >= 11 is 11.8. The van der Waals surface area contributed by atoms with Crippen LogP contribution in [0.2, 0.25) is 10.2 Å². The highest BCUT2D eigenvalue weighted by Gasteiger charge is 2.07. The van der Waals surface area contributed by atoms with Gasteiger partial charge in [-0.15, -0.1) is 0 Å². The lowest BCUT2D eigenvalue weighted by molar-refractivity contribution is 0.745. The summed E-state index contributed by atoms with van der Waals surface area (Å²) in [5, 5.41) is 1.38. The molecule has 0 unspecified atom stereocenters. The largest absolute Gasteiger partial charge is 0.294 e. The number of aromatic nitrogens is 3. The van der Waals surface area contributed by atoms with Crippen molar-refractivity contribution in [1.82, 2.24) is 14.5 Å². The Morgan fingerprint density at radius 2 is 1.95 bits per heavy atom. The van der Waals surface area contributed by atoms with E-state index in [0.29, 0.717) is 27.6 Å². The normalized spacial score (nSPS) is 10.9. The molecule has 6 heteroatoms. The maximum Gasteiger partial charge on any atom is 0.261 e. The van der Waals surface area contributed by atoms with Gasteiger partial charge < -0.3 is 0 Å². The van der Waals surface area contributed by atoms with Gasteiger partial charge in [0.1, 0.15) is 5.15 Å². The molecule has 0 aliphatic carbocycles. The molecule has 0 atom stereocenters. The van der Waals surface area contributed by atoms with Crippen molar-refractivity contribution in [2.45, 2.75) is 6.54 Å². The van der Waals surface area contributed by atoms with Crippen molar-refractivity contribution >= 4 is 34.1 Å². The SMILES string of the molecule is O=c1c2ccccc2ncn1Cc1cnc(Cl)cc1Cl. The van der Waals surface area contributed by atoms with Crippen molar-refractivity contribution in [2.24, 2.45) is 0 Å². The Hall–Kier alpha value is -1.91. The summed E-state index contributed by atoms with van der Waals surface area (Å²) in [5.41, 5.74) is 1.28. The lowest BCUT2D eigenvalue weighted by Crippen LogP contribution is -2.21. The van der Waals surface area contributed by atoms with Crippen LogP contribution in [0, 0.1) is 0 Å². The first-order chi connectivity index (χ1) is 9.65. The highest BCUT2D eigenvalue weighted by molar-refractivity contribution is 6.34. The molecule has 0 saturated heterocycles. The summed E-state index contributed by atoms with van der Waals surface area (Å²) < 4.78 is 1.50. The Morgan fingerprint density at radius 1 is 1.15 bits per heavy atom.